The van der Waals surface area contributed by atoms with E-state index in [2.05, 4.69) is 6.58 Å². The van der Waals surface area contributed by atoms with Gasteiger partial charge in [0, 0.05) is 20.2 Å². The molecule has 1 unspecified atom stereocenters. The van der Waals surface area contributed by atoms with Gasteiger partial charge in [-0.25, -0.2) is 8.42 Å². The standard InChI is InChI=1S/C25H35NO6S/c1-5-6-7-25(20-32-17-16-29-2)33(27,28)26(18-21-8-12-23(30-3)13-9-21)19-22-10-14-24(31-4)15-11-22/h5,8-15,25H,1,6-7,16-20H2,2-4H3. The SMILES string of the molecule is C=CCCC(COCCOC)S(=O)(=O)N(Cc1ccc(OC)cc1)Cc1ccc(OC)cc1. The van der Waals surface area contributed by atoms with E-state index in [9.17, 15) is 8.42 Å². The number of ether oxygens (including phenoxy) is 4. The molecular weight excluding hydrogens is 442 g/mol. The highest BCUT2D eigenvalue weighted by Crippen LogP contribution is 2.23. The van der Waals surface area contributed by atoms with Gasteiger partial charge in [-0.1, -0.05) is 30.3 Å². The van der Waals surface area contributed by atoms with Crippen LogP contribution in [-0.4, -0.2) is 59.1 Å². The Morgan fingerprint density at radius 2 is 1.39 bits per heavy atom. The summed E-state index contributed by atoms with van der Waals surface area (Å²) in [6, 6.07) is 14.8. The average molecular weight is 478 g/mol. The summed E-state index contributed by atoms with van der Waals surface area (Å²) in [5.41, 5.74) is 1.74. The Balaban J connectivity index is 2.31. The molecule has 0 N–H and O–H groups in total. The van der Waals surface area contributed by atoms with E-state index in [-0.39, 0.29) is 19.7 Å². The Labute approximate surface area is 198 Å². The Bertz CT molecular complexity index is 879. The molecule has 2 rings (SSSR count). The molecule has 0 amide bonds. The van der Waals surface area contributed by atoms with Gasteiger partial charge in [-0.3, -0.25) is 0 Å². The molecule has 0 aliphatic carbocycles. The highest BCUT2D eigenvalue weighted by molar-refractivity contribution is 7.89. The van der Waals surface area contributed by atoms with Gasteiger partial charge in [0.25, 0.3) is 0 Å². The summed E-state index contributed by atoms with van der Waals surface area (Å²) in [5.74, 6) is 1.44. The molecule has 0 saturated heterocycles. The fourth-order valence-electron chi connectivity index (χ4n) is 3.29. The van der Waals surface area contributed by atoms with Crippen LogP contribution < -0.4 is 9.47 Å². The molecule has 1 atom stereocenters. The molecule has 0 bridgehead atoms. The molecule has 8 heteroatoms. The third-order valence-electron chi connectivity index (χ3n) is 5.25. The molecule has 0 spiro atoms. The van der Waals surface area contributed by atoms with Crippen LogP contribution >= 0.6 is 0 Å². The smallest absolute Gasteiger partial charge is 0.219 e. The van der Waals surface area contributed by atoms with E-state index in [4.69, 9.17) is 18.9 Å². The number of rotatable bonds is 16. The summed E-state index contributed by atoms with van der Waals surface area (Å²) >= 11 is 0. The molecule has 0 aromatic heterocycles. The average Bonchev–Trinajstić information content (AvgIpc) is 2.84. The van der Waals surface area contributed by atoms with Crippen molar-refractivity contribution in [3.8, 4) is 11.5 Å². The number of nitrogens with zero attached hydrogens (tertiary/aromatic N) is 1. The highest BCUT2D eigenvalue weighted by Gasteiger charge is 2.32. The van der Waals surface area contributed by atoms with Crippen LogP contribution in [0.5, 0.6) is 11.5 Å². The second-order valence-corrected chi connectivity index (χ2v) is 9.78. The number of methoxy groups -OCH3 is 3. The van der Waals surface area contributed by atoms with Gasteiger partial charge in [-0.2, -0.15) is 4.31 Å². The molecule has 0 radical (unpaired) electrons. The first-order chi connectivity index (χ1) is 15.9. The zero-order valence-electron chi connectivity index (χ0n) is 19.7. The maximum Gasteiger partial charge on any atom is 0.219 e. The highest BCUT2D eigenvalue weighted by atomic mass is 32.2. The molecule has 0 aliphatic heterocycles. The number of sulfonamides is 1. The molecular formula is C25H35NO6S. The summed E-state index contributed by atoms with van der Waals surface area (Å²) in [6.07, 6.45) is 2.74. The molecule has 2 aromatic rings. The summed E-state index contributed by atoms with van der Waals surface area (Å²) < 4.78 is 50.2. The van der Waals surface area contributed by atoms with Gasteiger partial charge in [0.15, 0.2) is 0 Å². The van der Waals surface area contributed by atoms with Crippen molar-refractivity contribution in [2.75, 3.05) is 41.2 Å². The normalized spacial score (nSPS) is 12.5. The van der Waals surface area contributed by atoms with Crippen LogP contribution in [0.15, 0.2) is 61.2 Å². The van der Waals surface area contributed by atoms with E-state index < -0.39 is 15.3 Å². The summed E-state index contributed by atoms with van der Waals surface area (Å²) in [7, 11) is 1.09. The second kappa shape index (κ2) is 14.0. The maximum absolute atomic E-state index is 13.8. The molecule has 182 valence electrons. The predicted octanol–water partition coefficient (Wildman–Crippen LogP) is 4.03. The van der Waals surface area contributed by atoms with E-state index in [1.54, 1.807) is 27.4 Å². The van der Waals surface area contributed by atoms with Gasteiger partial charge < -0.3 is 18.9 Å². The van der Waals surface area contributed by atoms with Crippen LogP contribution in [0.2, 0.25) is 0 Å². The first-order valence-electron chi connectivity index (χ1n) is 10.9. The number of hydrogen-bond donors (Lipinski definition) is 0. The van der Waals surface area contributed by atoms with Crippen LogP contribution in [0.4, 0.5) is 0 Å². The monoisotopic (exact) mass is 477 g/mol. The molecule has 0 saturated carbocycles. The van der Waals surface area contributed by atoms with Crippen molar-refractivity contribution in [2.24, 2.45) is 0 Å². The maximum atomic E-state index is 13.8. The number of allylic oxidation sites excluding steroid dienone is 1. The van der Waals surface area contributed by atoms with Crippen molar-refractivity contribution >= 4 is 10.0 Å². The third-order valence-corrected chi connectivity index (χ3v) is 7.44. The van der Waals surface area contributed by atoms with Gasteiger partial charge in [0.1, 0.15) is 11.5 Å². The van der Waals surface area contributed by atoms with Crippen LogP contribution in [-0.2, 0) is 32.6 Å². The zero-order valence-corrected chi connectivity index (χ0v) is 20.6. The van der Waals surface area contributed by atoms with Crippen molar-refractivity contribution in [2.45, 2.75) is 31.2 Å². The molecule has 2 aromatic carbocycles. The molecule has 0 aliphatic rings. The quantitative estimate of drug-likeness (QED) is 0.268. The van der Waals surface area contributed by atoms with Crippen molar-refractivity contribution < 1.29 is 27.4 Å². The molecule has 7 nitrogen and oxygen atoms in total. The van der Waals surface area contributed by atoms with E-state index in [1.165, 1.54) is 4.31 Å². The minimum Gasteiger partial charge on any atom is -0.497 e. The van der Waals surface area contributed by atoms with E-state index in [1.807, 2.05) is 48.5 Å². The molecule has 0 heterocycles. The largest absolute Gasteiger partial charge is 0.497 e. The topological polar surface area (TPSA) is 74.3 Å². The van der Waals surface area contributed by atoms with Crippen LogP contribution in [0.1, 0.15) is 24.0 Å². The minimum absolute atomic E-state index is 0.0985. The Kier molecular flexibility index (Phi) is 11.4. The van der Waals surface area contributed by atoms with Gasteiger partial charge in [0.2, 0.25) is 10.0 Å². The lowest BCUT2D eigenvalue weighted by Crippen LogP contribution is -2.40. The van der Waals surface area contributed by atoms with Crippen LogP contribution in [0, 0.1) is 0 Å². The van der Waals surface area contributed by atoms with Gasteiger partial charge in [0.05, 0.1) is 39.3 Å². The van der Waals surface area contributed by atoms with E-state index >= 15 is 0 Å². The van der Waals surface area contributed by atoms with Crippen molar-refractivity contribution in [3.63, 3.8) is 0 Å². The van der Waals surface area contributed by atoms with Gasteiger partial charge in [-0.15, -0.1) is 6.58 Å². The lowest BCUT2D eigenvalue weighted by Gasteiger charge is -2.28. The Morgan fingerprint density at radius 1 is 0.879 bits per heavy atom. The predicted molar refractivity (Wildman–Crippen MR) is 130 cm³/mol. The van der Waals surface area contributed by atoms with Gasteiger partial charge in [-0.05, 0) is 48.2 Å². The lowest BCUT2D eigenvalue weighted by molar-refractivity contribution is 0.0692. The first-order valence-corrected chi connectivity index (χ1v) is 12.4. The number of benzene rings is 2. The fourth-order valence-corrected chi connectivity index (χ4v) is 5.08. The molecule has 0 fully saturated rings. The Morgan fingerprint density at radius 3 is 1.82 bits per heavy atom. The summed E-state index contributed by atoms with van der Waals surface area (Å²) in [6.45, 7) is 5.07. The fraction of sp³-hybridized carbons (Fsp3) is 0.440. The van der Waals surface area contributed by atoms with Crippen molar-refractivity contribution in [1.29, 1.82) is 0 Å². The minimum atomic E-state index is -3.69. The third kappa shape index (κ3) is 8.47. The van der Waals surface area contributed by atoms with E-state index in [0.29, 0.717) is 26.1 Å². The zero-order chi connectivity index (χ0) is 24.1. The molecule has 33 heavy (non-hydrogen) atoms. The van der Waals surface area contributed by atoms with E-state index in [0.717, 1.165) is 22.6 Å². The number of hydrogen-bond acceptors (Lipinski definition) is 6. The first kappa shape index (κ1) is 26.9. The lowest BCUT2D eigenvalue weighted by atomic mass is 10.2. The Hall–Kier alpha value is -2.39. The van der Waals surface area contributed by atoms with Crippen molar-refractivity contribution in [3.05, 3.63) is 72.3 Å². The second-order valence-electron chi connectivity index (χ2n) is 7.56. The summed E-state index contributed by atoms with van der Waals surface area (Å²) in [5, 5.41) is -0.691. The van der Waals surface area contributed by atoms with Crippen molar-refractivity contribution in [1.82, 2.24) is 4.31 Å². The van der Waals surface area contributed by atoms with Gasteiger partial charge >= 0.3 is 0 Å². The summed E-state index contributed by atoms with van der Waals surface area (Å²) in [4.78, 5) is 0. The van der Waals surface area contributed by atoms with Crippen LogP contribution in [0.25, 0.3) is 0 Å². The van der Waals surface area contributed by atoms with Crippen LogP contribution in [0.3, 0.4) is 0 Å².